The van der Waals surface area contributed by atoms with Gasteiger partial charge in [0.15, 0.2) is 0 Å². The molecule has 0 radical (unpaired) electrons. The van der Waals surface area contributed by atoms with Gasteiger partial charge < -0.3 is 10.2 Å². The molecule has 0 bridgehead atoms. The van der Waals surface area contributed by atoms with E-state index in [0.29, 0.717) is 11.1 Å². The number of rotatable bonds is 3. The molecule has 2 N–H and O–H groups in total. The third-order valence-corrected chi connectivity index (χ3v) is 13.4. The van der Waals surface area contributed by atoms with Crippen LogP contribution in [0.4, 0.5) is 0 Å². The van der Waals surface area contributed by atoms with Crippen LogP contribution >= 0.6 is 0 Å². The summed E-state index contributed by atoms with van der Waals surface area (Å²) in [7, 11) is -2.18. The molecule has 5 rings (SSSR count). The fourth-order valence-electron chi connectivity index (χ4n) is 4.96. The molecule has 0 aliphatic rings. The van der Waals surface area contributed by atoms with E-state index in [-0.39, 0.29) is 16.5 Å². The second-order valence-electron chi connectivity index (χ2n) is 11.0. The van der Waals surface area contributed by atoms with Gasteiger partial charge in [0, 0.05) is 11.1 Å². The molecule has 0 saturated heterocycles. The van der Waals surface area contributed by atoms with Gasteiger partial charge >= 0.3 is 0 Å². The Bertz CT molecular complexity index is 1560. The summed E-state index contributed by atoms with van der Waals surface area (Å²) in [4.78, 5) is 0. The molecule has 0 aliphatic carbocycles. The minimum atomic E-state index is -2.18. The van der Waals surface area contributed by atoms with Gasteiger partial charge in [0.05, 0.1) is 8.07 Å². The van der Waals surface area contributed by atoms with Gasteiger partial charge in [-0.2, -0.15) is 0 Å². The van der Waals surface area contributed by atoms with E-state index >= 15 is 0 Å². The first kappa shape index (κ1) is 23.2. The van der Waals surface area contributed by atoms with E-state index < -0.39 is 8.07 Å². The number of hydrogen-bond donors (Lipinski definition) is 2. The standard InChI is InChI=1S/C32H32O2Si/c1-32(2,3)35(4,5)28-20-27(33)29(25-18-10-14-21-12-6-8-16-23(21)25)30(31(28)34)26-19-11-15-22-13-7-9-17-24(22)26/h6-20,33-34H,1-5H3. The molecule has 35 heavy (non-hydrogen) atoms. The van der Waals surface area contributed by atoms with E-state index in [1.807, 2.05) is 48.5 Å². The first-order valence-corrected chi connectivity index (χ1v) is 15.2. The van der Waals surface area contributed by atoms with Crippen molar-refractivity contribution in [2.75, 3.05) is 0 Å². The number of phenolic OH excluding ortho intramolecular Hbond substituents is 2. The summed E-state index contributed by atoms with van der Waals surface area (Å²) in [5, 5.41) is 28.9. The SMILES string of the molecule is CC(C)(C)[Si](C)(C)c1cc(O)c(-c2cccc3ccccc23)c(-c2cccc3ccccc23)c1O. The predicted molar refractivity (Wildman–Crippen MR) is 152 cm³/mol. The van der Waals surface area contributed by atoms with Crippen molar-refractivity contribution in [3.05, 3.63) is 91.0 Å². The third-order valence-electron chi connectivity index (χ3n) is 7.95. The van der Waals surface area contributed by atoms with Crippen LogP contribution in [0.25, 0.3) is 43.8 Å². The molecule has 0 spiro atoms. The fraction of sp³-hybridized carbons (Fsp3) is 0.188. The topological polar surface area (TPSA) is 40.5 Å². The molecular formula is C32H32O2Si. The minimum absolute atomic E-state index is 0.00605. The van der Waals surface area contributed by atoms with Crippen molar-refractivity contribution in [2.24, 2.45) is 0 Å². The highest BCUT2D eigenvalue weighted by molar-refractivity contribution is 6.92. The molecule has 5 aromatic rings. The molecule has 0 fully saturated rings. The van der Waals surface area contributed by atoms with E-state index in [1.165, 1.54) is 0 Å². The van der Waals surface area contributed by atoms with E-state index in [9.17, 15) is 10.2 Å². The summed E-state index contributed by atoms with van der Waals surface area (Å²) in [6, 6.07) is 30.6. The largest absolute Gasteiger partial charge is 0.507 e. The molecule has 5 aromatic carbocycles. The van der Waals surface area contributed by atoms with Crippen LogP contribution in [0.2, 0.25) is 18.1 Å². The number of hydrogen-bond acceptors (Lipinski definition) is 2. The fourth-order valence-corrected chi connectivity index (χ4v) is 6.98. The maximum absolute atomic E-state index is 12.1. The summed E-state index contributed by atoms with van der Waals surface area (Å²) in [5.41, 5.74) is 3.23. The van der Waals surface area contributed by atoms with Crippen LogP contribution in [0.1, 0.15) is 20.8 Å². The molecule has 0 amide bonds. The maximum atomic E-state index is 12.1. The number of fused-ring (bicyclic) bond motifs is 2. The monoisotopic (exact) mass is 476 g/mol. The zero-order valence-corrected chi connectivity index (χ0v) is 22.1. The van der Waals surface area contributed by atoms with E-state index in [1.54, 1.807) is 0 Å². The second-order valence-corrected chi connectivity index (χ2v) is 16.3. The van der Waals surface area contributed by atoms with Crippen LogP contribution in [-0.2, 0) is 0 Å². The summed E-state index contributed by atoms with van der Waals surface area (Å²) in [6.45, 7) is 11.2. The lowest BCUT2D eigenvalue weighted by atomic mass is 9.88. The normalized spacial score (nSPS) is 12.4. The Morgan fingerprint density at radius 2 is 1.06 bits per heavy atom. The zero-order valence-electron chi connectivity index (χ0n) is 21.1. The van der Waals surface area contributed by atoms with Crippen molar-refractivity contribution in [2.45, 2.75) is 38.9 Å². The minimum Gasteiger partial charge on any atom is -0.507 e. The van der Waals surface area contributed by atoms with Gasteiger partial charge in [0.1, 0.15) is 11.5 Å². The van der Waals surface area contributed by atoms with Crippen molar-refractivity contribution in [3.63, 3.8) is 0 Å². The summed E-state index contributed by atoms with van der Waals surface area (Å²) in [6.07, 6.45) is 0. The van der Waals surface area contributed by atoms with E-state index in [0.717, 1.165) is 37.9 Å². The first-order valence-electron chi connectivity index (χ1n) is 12.2. The van der Waals surface area contributed by atoms with Crippen LogP contribution in [0.3, 0.4) is 0 Å². The Morgan fingerprint density at radius 3 is 1.57 bits per heavy atom. The van der Waals surface area contributed by atoms with Gasteiger partial charge in [-0.1, -0.05) is 119 Å². The molecule has 0 atom stereocenters. The van der Waals surface area contributed by atoms with Gasteiger partial charge in [-0.15, -0.1) is 0 Å². The molecule has 2 nitrogen and oxygen atoms in total. The van der Waals surface area contributed by atoms with Crippen LogP contribution in [0, 0.1) is 0 Å². The van der Waals surface area contributed by atoms with Gasteiger partial charge in [-0.05, 0) is 49.0 Å². The number of aromatic hydroxyl groups is 2. The molecule has 0 heterocycles. The van der Waals surface area contributed by atoms with Crippen molar-refractivity contribution in [3.8, 4) is 33.8 Å². The van der Waals surface area contributed by atoms with Crippen molar-refractivity contribution < 1.29 is 10.2 Å². The summed E-state index contributed by atoms with van der Waals surface area (Å²) >= 11 is 0. The van der Waals surface area contributed by atoms with Crippen molar-refractivity contribution >= 4 is 34.8 Å². The zero-order chi connectivity index (χ0) is 25.0. The summed E-state index contributed by atoms with van der Waals surface area (Å²) in [5.74, 6) is 0.496. The van der Waals surface area contributed by atoms with Gasteiger partial charge in [-0.3, -0.25) is 0 Å². The third kappa shape index (κ3) is 3.71. The Hall–Kier alpha value is -3.56. The second kappa shape index (κ2) is 8.28. The lowest BCUT2D eigenvalue weighted by Crippen LogP contribution is -2.49. The number of benzene rings is 5. The Morgan fingerprint density at radius 1 is 0.600 bits per heavy atom. The molecule has 0 aliphatic heterocycles. The van der Waals surface area contributed by atoms with E-state index in [4.69, 9.17) is 0 Å². The average Bonchev–Trinajstić information content (AvgIpc) is 2.83. The molecule has 0 aromatic heterocycles. The predicted octanol–water partition coefficient (Wildman–Crippen LogP) is 8.45. The molecule has 176 valence electrons. The summed E-state index contributed by atoms with van der Waals surface area (Å²) < 4.78 is 0. The average molecular weight is 477 g/mol. The Balaban J connectivity index is 1.96. The van der Waals surface area contributed by atoms with Gasteiger partial charge in [0.25, 0.3) is 0 Å². The Kier molecular flexibility index (Phi) is 5.49. The Labute approximate surface area is 208 Å². The molecular weight excluding hydrogens is 444 g/mol. The first-order chi connectivity index (χ1) is 16.6. The van der Waals surface area contributed by atoms with Crippen molar-refractivity contribution in [1.29, 1.82) is 0 Å². The van der Waals surface area contributed by atoms with Crippen molar-refractivity contribution in [1.82, 2.24) is 0 Å². The molecule has 3 heteroatoms. The lowest BCUT2D eigenvalue weighted by molar-refractivity contribution is 0.466. The molecule has 0 unspecified atom stereocenters. The highest BCUT2D eigenvalue weighted by Gasteiger charge is 2.40. The lowest BCUT2D eigenvalue weighted by Gasteiger charge is -2.38. The van der Waals surface area contributed by atoms with Crippen LogP contribution < -0.4 is 5.19 Å². The number of phenols is 2. The molecule has 0 saturated carbocycles. The van der Waals surface area contributed by atoms with E-state index in [2.05, 4.69) is 76.3 Å². The highest BCUT2D eigenvalue weighted by Crippen LogP contribution is 2.49. The van der Waals surface area contributed by atoms with Crippen LogP contribution in [-0.4, -0.2) is 18.3 Å². The highest BCUT2D eigenvalue weighted by atomic mass is 28.3. The smallest absolute Gasteiger partial charge is 0.124 e. The quantitative estimate of drug-likeness (QED) is 0.202. The van der Waals surface area contributed by atoms with Crippen LogP contribution in [0.5, 0.6) is 11.5 Å². The van der Waals surface area contributed by atoms with Gasteiger partial charge in [0.2, 0.25) is 0 Å². The maximum Gasteiger partial charge on any atom is 0.124 e. The van der Waals surface area contributed by atoms with Gasteiger partial charge in [-0.25, -0.2) is 0 Å². The van der Waals surface area contributed by atoms with Crippen LogP contribution in [0.15, 0.2) is 91.0 Å².